The van der Waals surface area contributed by atoms with Crippen LogP contribution in [0.25, 0.3) is 21.8 Å². The molecule has 2 heterocycles. The van der Waals surface area contributed by atoms with Crippen LogP contribution in [0.4, 0.5) is 5.69 Å². The first kappa shape index (κ1) is 33.3. The van der Waals surface area contributed by atoms with Crippen molar-refractivity contribution in [2.24, 2.45) is 32.9 Å². The molecule has 0 aliphatic rings. The number of nitrogens with zero attached hydrogens (tertiary/aromatic N) is 2. The highest BCUT2D eigenvalue weighted by atomic mass is 35.5. The summed E-state index contributed by atoms with van der Waals surface area (Å²) in [7, 11) is 0. The maximum atomic E-state index is 12.9. The number of H-pyrrole nitrogens is 2. The Morgan fingerprint density at radius 2 is 1.24 bits per heavy atom. The SMILES string of the molecule is Cl.Cl.NC(N)=NCCCNC(=O)c1ccc2[nH]c(C(=O)Nc3ccc4[nH]c(C(=O)NCCN=C(N)N)cc4c3)cc2c1. The Kier molecular flexibility index (Phi) is 12.0. The molecule has 42 heavy (non-hydrogen) atoms. The summed E-state index contributed by atoms with van der Waals surface area (Å²) in [5, 5.41) is 9.87. The number of rotatable bonds is 11. The zero-order chi connectivity index (χ0) is 28.6. The average molecular weight is 619 g/mol. The van der Waals surface area contributed by atoms with E-state index in [0.29, 0.717) is 47.7 Å². The fourth-order valence-corrected chi connectivity index (χ4v) is 3.97. The number of fused-ring (bicyclic) bond motifs is 2. The van der Waals surface area contributed by atoms with Gasteiger partial charge in [-0.05, 0) is 55.0 Å². The Balaban J connectivity index is 0.00000308. The quantitative estimate of drug-likeness (QED) is 0.0673. The first-order valence-corrected chi connectivity index (χ1v) is 12.4. The minimum Gasteiger partial charge on any atom is -0.370 e. The van der Waals surface area contributed by atoms with E-state index in [-0.39, 0.29) is 67.5 Å². The molecule has 0 radical (unpaired) electrons. The Bertz CT molecular complexity index is 1620. The number of aromatic amines is 2. The predicted molar refractivity (Wildman–Crippen MR) is 170 cm³/mol. The van der Waals surface area contributed by atoms with E-state index in [2.05, 4.69) is 35.9 Å². The maximum Gasteiger partial charge on any atom is 0.272 e. The van der Waals surface area contributed by atoms with Crippen LogP contribution in [0, 0.1) is 0 Å². The molecule has 0 unspecified atom stereocenters. The van der Waals surface area contributed by atoms with Gasteiger partial charge in [0.05, 0.1) is 6.54 Å². The number of hydrogen-bond donors (Lipinski definition) is 9. The number of aliphatic imine (C=N–C) groups is 2. The van der Waals surface area contributed by atoms with Crippen LogP contribution in [0.15, 0.2) is 58.5 Å². The Hall–Kier alpha value is -4.95. The van der Waals surface area contributed by atoms with E-state index in [1.54, 1.807) is 48.5 Å². The molecule has 13 N–H and O–H groups in total. The van der Waals surface area contributed by atoms with E-state index in [9.17, 15) is 14.4 Å². The lowest BCUT2D eigenvalue weighted by atomic mass is 10.1. The summed E-state index contributed by atoms with van der Waals surface area (Å²) >= 11 is 0. The maximum absolute atomic E-state index is 12.9. The molecule has 4 aromatic rings. The summed E-state index contributed by atoms with van der Waals surface area (Å²) in [5.41, 5.74) is 24.3. The topological polar surface area (TPSA) is 248 Å². The van der Waals surface area contributed by atoms with Gasteiger partial charge in [-0.15, -0.1) is 24.8 Å². The molecule has 0 spiro atoms. The van der Waals surface area contributed by atoms with Gasteiger partial charge in [-0.2, -0.15) is 0 Å². The van der Waals surface area contributed by atoms with Gasteiger partial charge < -0.3 is 48.9 Å². The van der Waals surface area contributed by atoms with Crippen LogP contribution in [0.1, 0.15) is 37.8 Å². The van der Waals surface area contributed by atoms with Crippen LogP contribution in [-0.4, -0.2) is 65.8 Å². The van der Waals surface area contributed by atoms with Crippen molar-refractivity contribution in [1.29, 1.82) is 0 Å². The molecular formula is C26H33Cl2N11O3. The van der Waals surface area contributed by atoms with Crippen molar-refractivity contribution < 1.29 is 14.4 Å². The summed E-state index contributed by atoms with van der Waals surface area (Å²) < 4.78 is 0. The molecule has 0 bridgehead atoms. The summed E-state index contributed by atoms with van der Waals surface area (Å²) in [5.74, 6) is -0.914. The van der Waals surface area contributed by atoms with Gasteiger partial charge in [0.25, 0.3) is 17.7 Å². The van der Waals surface area contributed by atoms with Gasteiger partial charge in [0.2, 0.25) is 0 Å². The minimum atomic E-state index is -0.352. The van der Waals surface area contributed by atoms with Crippen molar-refractivity contribution in [2.45, 2.75) is 6.42 Å². The minimum absolute atomic E-state index is 0. The largest absolute Gasteiger partial charge is 0.370 e. The fourth-order valence-electron chi connectivity index (χ4n) is 3.97. The molecule has 3 amide bonds. The standard InChI is InChI=1S/C26H31N11O3.2ClH/c27-25(28)33-7-1-6-31-22(38)14-2-4-18-15(10-14)12-21(37-18)24(40)35-17-3-5-19-16(11-17)13-20(36-19)23(39)32-8-9-34-26(29)30;;/h2-5,10-13,36-37H,1,6-9H2,(H,31,38)(H,32,39)(H,35,40)(H4,27,28,33)(H4,29,30,34);2*1H. The van der Waals surface area contributed by atoms with E-state index in [1.807, 2.05) is 0 Å². The van der Waals surface area contributed by atoms with Crippen LogP contribution < -0.4 is 38.9 Å². The van der Waals surface area contributed by atoms with Crippen LogP contribution >= 0.6 is 24.8 Å². The van der Waals surface area contributed by atoms with Crippen LogP contribution in [0.3, 0.4) is 0 Å². The molecule has 0 fully saturated rings. The number of amides is 3. The van der Waals surface area contributed by atoms with E-state index < -0.39 is 0 Å². The van der Waals surface area contributed by atoms with Crippen LogP contribution in [0.2, 0.25) is 0 Å². The van der Waals surface area contributed by atoms with Crippen molar-refractivity contribution >= 4 is 81.9 Å². The van der Waals surface area contributed by atoms with Crippen molar-refractivity contribution in [3.8, 4) is 0 Å². The summed E-state index contributed by atoms with van der Waals surface area (Å²) in [6, 6.07) is 13.8. The summed E-state index contributed by atoms with van der Waals surface area (Å²) in [4.78, 5) is 51.6. The molecule has 0 aliphatic carbocycles. The van der Waals surface area contributed by atoms with Gasteiger partial charge >= 0.3 is 0 Å². The lowest BCUT2D eigenvalue weighted by molar-refractivity contribution is 0.0944. The molecule has 16 heteroatoms. The molecule has 2 aromatic carbocycles. The zero-order valence-electron chi connectivity index (χ0n) is 22.4. The van der Waals surface area contributed by atoms with Crippen molar-refractivity contribution in [3.63, 3.8) is 0 Å². The monoisotopic (exact) mass is 617 g/mol. The number of nitrogens with two attached hydrogens (primary N) is 4. The van der Waals surface area contributed by atoms with E-state index in [1.165, 1.54) is 0 Å². The van der Waals surface area contributed by atoms with Gasteiger partial charge in [0.1, 0.15) is 11.4 Å². The van der Waals surface area contributed by atoms with Crippen molar-refractivity contribution in [1.82, 2.24) is 20.6 Å². The second kappa shape index (κ2) is 15.2. The molecule has 224 valence electrons. The highest BCUT2D eigenvalue weighted by molar-refractivity contribution is 6.08. The third-order valence-corrected chi connectivity index (χ3v) is 5.86. The Morgan fingerprint density at radius 1 is 0.667 bits per heavy atom. The molecule has 0 aliphatic heterocycles. The number of carbonyl (C=O) groups is 3. The molecule has 2 aromatic heterocycles. The molecular weight excluding hydrogens is 585 g/mol. The number of nitrogens with one attached hydrogen (secondary N) is 5. The second-order valence-electron chi connectivity index (χ2n) is 8.90. The zero-order valence-corrected chi connectivity index (χ0v) is 24.0. The van der Waals surface area contributed by atoms with Gasteiger partial charge in [-0.1, -0.05) is 0 Å². The Morgan fingerprint density at radius 3 is 1.90 bits per heavy atom. The first-order chi connectivity index (χ1) is 19.2. The molecule has 14 nitrogen and oxygen atoms in total. The normalized spacial score (nSPS) is 10.2. The highest BCUT2D eigenvalue weighted by Crippen LogP contribution is 2.22. The molecule has 0 saturated heterocycles. The van der Waals surface area contributed by atoms with Crippen LogP contribution in [0.5, 0.6) is 0 Å². The van der Waals surface area contributed by atoms with Crippen molar-refractivity contribution in [2.75, 3.05) is 31.5 Å². The summed E-state index contributed by atoms with van der Waals surface area (Å²) in [6.45, 7) is 1.40. The molecule has 0 atom stereocenters. The highest BCUT2D eigenvalue weighted by Gasteiger charge is 2.14. The number of benzene rings is 2. The molecule has 4 rings (SSSR count). The fraction of sp³-hybridized carbons (Fsp3) is 0.192. The Labute approximate surface area is 253 Å². The number of aromatic nitrogens is 2. The average Bonchev–Trinajstić information content (AvgIpc) is 3.54. The second-order valence-corrected chi connectivity index (χ2v) is 8.90. The van der Waals surface area contributed by atoms with Gasteiger partial charge in [-0.3, -0.25) is 24.4 Å². The number of anilines is 1. The number of hydrogen-bond acceptors (Lipinski definition) is 5. The predicted octanol–water partition coefficient (Wildman–Crippen LogP) is 1.14. The number of guanidine groups is 2. The smallest absolute Gasteiger partial charge is 0.272 e. The number of carbonyl (C=O) groups excluding carboxylic acids is 3. The van der Waals surface area contributed by atoms with Gasteiger partial charge in [0, 0.05) is 52.7 Å². The van der Waals surface area contributed by atoms with E-state index in [0.717, 1.165) is 16.3 Å². The number of halogens is 2. The lowest BCUT2D eigenvalue weighted by Crippen LogP contribution is -2.28. The van der Waals surface area contributed by atoms with Gasteiger partial charge in [0.15, 0.2) is 11.9 Å². The van der Waals surface area contributed by atoms with E-state index >= 15 is 0 Å². The first-order valence-electron chi connectivity index (χ1n) is 12.4. The van der Waals surface area contributed by atoms with Gasteiger partial charge in [-0.25, -0.2) is 0 Å². The van der Waals surface area contributed by atoms with Crippen LogP contribution in [-0.2, 0) is 0 Å². The summed E-state index contributed by atoms with van der Waals surface area (Å²) in [6.07, 6.45) is 0.601. The van der Waals surface area contributed by atoms with Crippen molar-refractivity contribution in [3.05, 3.63) is 65.5 Å². The van der Waals surface area contributed by atoms with E-state index in [4.69, 9.17) is 22.9 Å². The third kappa shape index (κ3) is 8.78. The molecule has 0 saturated carbocycles. The third-order valence-electron chi connectivity index (χ3n) is 5.86. The lowest BCUT2D eigenvalue weighted by Gasteiger charge is -2.04.